The second-order valence-electron chi connectivity index (χ2n) is 8.87. The van der Waals surface area contributed by atoms with Gasteiger partial charge in [0, 0.05) is 37.5 Å². The fraction of sp³-hybridized carbons (Fsp3) is 0.480. The van der Waals surface area contributed by atoms with E-state index >= 15 is 0 Å². The SMILES string of the molecule is COc1cc(NS(=O)(=O)c2ccc(N3CCN(CCC4CCCC4)C3=O)cc2)cc(OC)c1OC. The first-order chi connectivity index (χ1) is 16.9. The molecule has 0 atom stereocenters. The Morgan fingerprint density at radius 2 is 1.57 bits per heavy atom. The average Bonchev–Trinajstić information content (AvgIpc) is 3.51. The fourth-order valence-corrected chi connectivity index (χ4v) is 5.87. The van der Waals surface area contributed by atoms with Gasteiger partial charge in [0.15, 0.2) is 11.5 Å². The average molecular weight is 504 g/mol. The molecule has 1 N–H and O–H groups in total. The van der Waals surface area contributed by atoms with Crippen LogP contribution in [-0.2, 0) is 10.0 Å². The van der Waals surface area contributed by atoms with Gasteiger partial charge in [0.25, 0.3) is 10.0 Å². The number of hydrogen-bond acceptors (Lipinski definition) is 6. The Balaban J connectivity index is 1.44. The van der Waals surface area contributed by atoms with Gasteiger partial charge in [0.1, 0.15) is 0 Å². The zero-order valence-corrected chi connectivity index (χ0v) is 21.3. The summed E-state index contributed by atoms with van der Waals surface area (Å²) in [6.07, 6.45) is 6.20. The van der Waals surface area contributed by atoms with Crippen molar-refractivity contribution in [1.82, 2.24) is 4.90 Å². The first kappa shape index (κ1) is 25.0. The minimum absolute atomic E-state index is 0.0193. The molecule has 0 bridgehead atoms. The zero-order chi connectivity index (χ0) is 25.0. The normalized spacial score (nSPS) is 16.6. The molecule has 9 nitrogen and oxygen atoms in total. The largest absolute Gasteiger partial charge is 0.493 e. The molecular weight excluding hydrogens is 470 g/mol. The molecule has 1 saturated carbocycles. The molecule has 10 heteroatoms. The number of sulfonamides is 1. The fourth-order valence-electron chi connectivity index (χ4n) is 4.83. The highest BCUT2D eigenvalue weighted by molar-refractivity contribution is 7.92. The quantitative estimate of drug-likeness (QED) is 0.518. The number of anilines is 2. The maximum atomic E-state index is 13.0. The van der Waals surface area contributed by atoms with Crippen LogP contribution in [-0.4, -0.2) is 60.3 Å². The number of carbonyl (C=O) groups is 1. The van der Waals surface area contributed by atoms with Crippen LogP contribution < -0.4 is 23.8 Å². The van der Waals surface area contributed by atoms with E-state index in [0.717, 1.165) is 18.9 Å². The number of hydrogen-bond donors (Lipinski definition) is 1. The van der Waals surface area contributed by atoms with Crippen molar-refractivity contribution < 1.29 is 27.4 Å². The van der Waals surface area contributed by atoms with Crippen molar-refractivity contribution in [3.63, 3.8) is 0 Å². The Morgan fingerprint density at radius 3 is 2.14 bits per heavy atom. The van der Waals surface area contributed by atoms with Gasteiger partial charge < -0.3 is 19.1 Å². The summed E-state index contributed by atoms with van der Waals surface area (Å²) in [6, 6.07) is 9.37. The van der Waals surface area contributed by atoms with Gasteiger partial charge in [0.2, 0.25) is 5.75 Å². The van der Waals surface area contributed by atoms with Crippen LogP contribution in [0.25, 0.3) is 0 Å². The third-order valence-electron chi connectivity index (χ3n) is 6.75. The van der Waals surface area contributed by atoms with Crippen LogP contribution in [0.2, 0.25) is 0 Å². The van der Waals surface area contributed by atoms with Crippen molar-refractivity contribution >= 4 is 27.4 Å². The Bertz CT molecular complexity index is 1120. The second kappa shape index (κ2) is 10.6. The predicted octanol–water partition coefficient (Wildman–Crippen LogP) is 4.34. The van der Waals surface area contributed by atoms with Gasteiger partial charge in [-0.1, -0.05) is 25.7 Å². The monoisotopic (exact) mass is 503 g/mol. The number of ether oxygens (including phenoxy) is 3. The molecule has 1 aliphatic heterocycles. The Hall–Kier alpha value is -3.14. The van der Waals surface area contributed by atoms with Crippen LogP contribution in [0.4, 0.5) is 16.2 Å². The van der Waals surface area contributed by atoms with Gasteiger partial charge >= 0.3 is 6.03 Å². The molecule has 4 rings (SSSR count). The van der Waals surface area contributed by atoms with E-state index in [1.54, 1.807) is 17.0 Å². The van der Waals surface area contributed by atoms with Crippen molar-refractivity contribution in [3.05, 3.63) is 36.4 Å². The molecule has 2 aromatic rings. The second-order valence-corrected chi connectivity index (χ2v) is 10.6. The van der Waals surface area contributed by atoms with Crippen molar-refractivity contribution in [1.29, 1.82) is 0 Å². The van der Waals surface area contributed by atoms with Crippen LogP contribution in [0.1, 0.15) is 32.1 Å². The molecule has 0 aromatic heterocycles. The summed E-state index contributed by atoms with van der Waals surface area (Å²) in [4.78, 5) is 16.6. The number of nitrogens with zero attached hydrogens (tertiary/aromatic N) is 2. The van der Waals surface area contributed by atoms with Gasteiger partial charge in [-0.25, -0.2) is 13.2 Å². The van der Waals surface area contributed by atoms with Crippen LogP contribution in [0.5, 0.6) is 17.2 Å². The highest BCUT2D eigenvalue weighted by Gasteiger charge is 2.30. The number of rotatable bonds is 10. The zero-order valence-electron chi connectivity index (χ0n) is 20.5. The maximum Gasteiger partial charge on any atom is 0.324 e. The third-order valence-corrected chi connectivity index (χ3v) is 8.15. The van der Waals surface area contributed by atoms with Gasteiger partial charge in [-0.2, -0.15) is 0 Å². The third kappa shape index (κ3) is 5.42. The van der Waals surface area contributed by atoms with Gasteiger partial charge in [-0.15, -0.1) is 0 Å². The van der Waals surface area contributed by atoms with E-state index < -0.39 is 10.0 Å². The van der Waals surface area contributed by atoms with E-state index in [1.807, 2.05) is 4.90 Å². The Morgan fingerprint density at radius 1 is 0.943 bits per heavy atom. The lowest BCUT2D eigenvalue weighted by Gasteiger charge is -2.20. The van der Waals surface area contributed by atoms with Crippen molar-refractivity contribution in [2.75, 3.05) is 50.6 Å². The molecule has 2 fully saturated rings. The predicted molar refractivity (Wildman–Crippen MR) is 134 cm³/mol. The summed E-state index contributed by atoms with van der Waals surface area (Å²) in [5, 5.41) is 0. The lowest BCUT2D eigenvalue weighted by atomic mass is 10.0. The molecule has 190 valence electrons. The number of amides is 2. The first-order valence-electron chi connectivity index (χ1n) is 11.9. The maximum absolute atomic E-state index is 13.0. The molecule has 0 spiro atoms. The number of nitrogens with one attached hydrogen (secondary N) is 1. The van der Waals surface area contributed by atoms with E-state index in [9.17, 15) is 13.2 Å². The minimum Gasteiger partial charge on any atom is -0.493 e. The number of benzene rings is 2. The van der Waals surface area contributed by atoms with E-state index in [2.05, 4.69) is 4.72 Å². The smallest absolute Gasteiger partial charge is 0.324 e. The molecule has 2 aliphatic rings. The highest BCUT2D eigenvalue weighted by atomic mass is 32.2. The van der Waals surface area contributed by atoms with Crippen molar-refractivity contribution in [2.45, 2.75) is 37.0 Å². The number of methoxy groups -OCH3 is 3. The van der Waals surface area contributed by atoms with Gasteiger partial charge in [-0.05, 0) is 36.6 Å². The standard InChI is InChI=1S/C25H33N3O6S/c1-32-22-16-19(17-23(33-2)24(22)34-3)26-35(30,31)21-10-8-20(9-11-21)28-15-14-27(25(28)29)13-12-18-6-4-5-7-18/h8-11,16-18,26H,4-7,12-15H2,1-3H3. The highest BCUT2D eigenvalue weighted by Crippen LogP contribution is 2.40. The molecule has 0 radical (unpaired) electrons. The van der Waals surface area contributed by atoms with E-state index in [4.69, 9.17) is 14.2 Å². The molecule has 35 heavy (non-hydrogen) atoms. The van der Waals surface area contributed by atoms with Crippen molar-refractivity contribution in [3.8, 4) is 17.2 Å². The van der Waals surface area contributed by atoms with Crippen LogP contribution in [0, 0.1) is 5.92 Å². The molecule has 1 heterocycles. The molecule has 0 unspecified atom stereocenters. The molecule has 1 aliphatic carbocycles. The summed E-state index contributed by atoms with van der Waals surface area (Å²) in [6.45, 7) is 2.07. The summed E-state index contributed by atoms with van der Waals surface area (Å²) in [5.74, 6) is 1.78. The van der Waals surface area contributed by atoms with Gasteiger partial charge in [-0.3, -0.25) is 9.62 Å². The number of carbonyl (C=O) groups excluding carboxylic acids is 1. The molecular formula is C25H33N3O6S. The Kier molecular flexibility index (Phi) is 7.59. The molecule has 2 amide bonds. The van der Waals surface area contributed by atoms with E-state index in [-0.39, 0.29) is 16.6 Å². The van der Waals surface area contributed by atoms with Crippen LogP contribution >= 0.6 is 0 Å². The number of urea groups is 1. The summed E-state index contributed by atoms with van der Waals surface area (Å²) < 4.78 is 44.4. The summed E-state index contributed by atoms with van der Waals surface area (Å²) >= 11 is 0. The summed E-state index contributed by atoms with van der Waals surface area (Å²) in [5.41, 5.74) is 0.960. The van der Waals surface area contributed by atoms with Crippen LogP contribution in [0.15, 0.2) is 41.3 Å². The lowest BCUT2D eigenvalue weighted by molar-refractivity contribution is 0.217. The first-order valence-corrected chi connectivity index (χ1v) is 13.3. The Labute approximate surface area is 207 Å². The van der Waals surface area contributed by atoms with E-state index in [0.29, 0.717) is 36.0 Å². The lowest BCUT2D eigenvalue weighted by Crippen LogP contribution is -2.33. The van der Waals surface area contributed by atoms with Crippen LogP contribution in [0.3, 0.4) is 0 Å². The van der Waals surface area contributed by atoms with Crippen molar-refractivity contribution in [2.24, 2.45) is 5.92 Å². The topological polar surface area (TPSA) is 97.4 Å². The molecule has 1 saturated heterocycles. The summed E-state index contributed by atoms with van der Waals surface area (Å²) in [7, 11) is 0.521. The molecule has 2 aromatic carbocycles. The van der Waals surface area contributed by atoms with Gasteiger partial charge in [0.05, 0.1) is 31.9 Å². The van der Waals surface area contributed by atoms with E-state index in [1.165, 1.54) is 71.3 Å². The minimum atomic E-state index is -3.88.